The fraction of sp³-hybridized carbons (Fsp3) is 0.667. The van der Waals surface area contributed by atoms with E-state index < -0.39 is 11.9 Å². The quantitative estimate of drug-likeness (QED) is 0.656. The smallest absolute Gasteiger partial charge is 0.109 e. The van der Waals surface area contributed by atoms with Crippen molar-refractivity contribution in [3.05, 3.63) is 12.4 Å². The molecule has 0 saturated carbocycles. The molecule has 0 spiro atoms. The first kappa shape index (κ1) is 8.98. The summed E-state index contributed by atoms with van der Waals surface area (Å²) >= 11 is 1.66. The Morgan fingerprint density at radius 2 is 2.44 bits per heavy atom. The molecule has 0 radical (unpaired) electrons. The highest BCUT2D eigenvalue weighted by atomic mass is 32.2. The number of thioether (sulfide) groups is 1. The summed E-state index contributed by atoms with van der Waals surface area (Å²) in [5.41, 5.74) is 5.31. The molecule has 0 unspecified atom stereocenters. The van der Waals surface area contributed by atoms with Crippen LogP contribution in [-0.4, -0.2) is 18.1 Å². The highest BCUT2D eigenvalue weighted by Crippen LogP contribution is 2.05. The van der Waals surface area contributed by atoms with Crippen molar-refractivity contribution in [2.75, 3.05) is 12.0 Å². The zero-order chi connectivity index (χ0) is 7.28. The van der Waals surface area contributed by atoms with E-state index in [9.17, 15) is 4.39 Å². The normalized spacial score (nSPS) is 13.2. The van der Waals surface area contributed by atoms with Gasteiger partial charge in [-0.05, 0) is 18.4 Å². The third kappa shape index (κ3) is 4.48. The molecule has 0 bridgehead atoms. The van der Waals surface area contributed by atoms with Crippen LogP contribution in [0.2, 0.25) is 0 Å². The Labute approximate surface area is 59.5 Å². The SMILES string of the molecule is C=C(F)[C@@H](N)CCSC. The lowest BCUT2D eigenvalue weighted by molar-refractivity contribution is 0.536. The molecule has 0 aliphatic carbocycles. The minimum atomic E-state index is -0.461. The zero-order valence-electron chi connectivity index (χ0n) is 5.56. The Bertz CT molecular complexity index is 95.1. The van der Waals surface area contributed by atoms with Crippen LogP contribution in [0.15, 0.2) is 12.4 Å². The number of rotatable bonds is 4. The third-order valence-electron chi connectivity index (χ3n) is 1.04. The van der Waals surface area contributed by atoms with Gasteiger partial charge >= 0.3 is 0 Å². The van der Waals surface area contributed by atoms with E-state index in [1.807, 2.05) is 6.26 Å². The summed E-state index contributed by atoms with van der Waals surface area (Å²) in [6, 6.07) is -0.461. The predicted octanol–water partition coefficient (Wildman–Crippen LogP) is 1.55. The van der Waals surface area contributed by atoms with Gasteiger partial charge in [-0.1, -0.05) is 6.58 Å². The lowest BCUT2D eigenvalue weighted by Crippen LogP contribution is -2.20. The Morgan fingerprint density at radius 1 is 1.89 bits per heavy atom. The maximum atomic E-state index is 12.1. The topological polar surface area (TPSA) is 26.0 Å². The molecule has 3 heteroatoms. The van der Waals surface area contributed by atoms with Gasteiger partial charge in [0.05, 0.1) is 6.04 Å². The summed E-state index contributed by atoms with van der Waals surface area (Å²) < 4.78 is 12.1. The number of nitrogens with two attached hydrogens (primary N) is 1. The van der Waals surface area contributed by atoms with E-state index in [-0.39, 0.29) is 0 Å². The summed E-state index contributed by atoms with van der Waals surface area (Å²) in [7, 11) is 0. The van der Waals surface area contributed by atoms with E-state index in [0.717, 1.165) is 5.75 Å². The Morgan fingerprint density at radius 3 is 2.78 bits per heavy atom. The van der Waals surface area contributed by atoms with Crippen molar-refractivity contribution in [2.24, 2.45) is 5.73 Å². The summed E-state index contributed by atoms with van der Waals surface area (Å²) in [5.74, 6) is 0.480. The maximum Gasteiger partial charge on any atom is 0.109 e. The van der Waals surface area contributed by atoms with Crippen LogP contribution in [0.3, 0.4) is 0 Å². The van der Waals surface area contributed by atoms with Crippen LogP contribution in [0.1, 0.15) is 6.42 Å². The van der Waals surface area contributed by atoms with E-state index in [1.165, 1.54) is 0 Å². The summed E-state index contributed by atoms with van der Waals surface area (Å²) in [6.07, 6.45) is 2.64. The first-order valence-electron chi connectivity index (χ1n) is 2.77. The summed E-state index contributed by atoms with van der Waals surface area (Å²) in [4.78, 5) is 0. The van der Waals surface area contributed by atoms with Crippen LogP contribution in [0.25, 0.3) is 0 Å². The molecule has 0 fully saturated rings. The zero-order valence-corrected chi connectivity index (χ0v) is 6.38. The molecule has 0 saturated heterocycles. The van der Waals surface area contributed by atoms with Crippen LogP contribution in [0, 0.1) is 0 Å². The van der Waals surface area contributed by atoms with Crippen molar-refractivity contribution in [3.8, 4) is 0 Å². The molecule has 9 heavy (non-hydrogen) atoms. The molecule has 0 aromatic carbocycles. The largest absolute Gasteiger partial charge is 0.322 e. The molecule has 0 aliphatic rings. The average Bonchev–Trinajstić information content (AvgIpc) is 1.82. The van der Waals surface area contributed by atoms with Gasteiger partial charge < -0.3 is 5.73 Å². The summed E-state index contributed by atoms with van der Waals surface area (Å²) in [6.45, 7) is 3.11. The molecule has 0 amide bonds. The molecule has 0 aliphatic heterocycles. The van der Waals surface area contributed by atoms with Crippen molar-refractivity contribution in [3.63, 3.8) is 0 Å². The minimum Gasteiger partial charge on any atom is -0.322 e. The van der Waals surface area contributed by atoms with E-state index in [0.29, 0.717) is 6.42 Å². The number of hydrogen-bond donors (Lipinski definition) is 1. The van der Waals surface area contributed by atoms with Gasteiger partial charge in [0.25, 0.3) is 0 Å². The van der Waals surface area contributed by atoms with Gasteiger partial charge in [0.1, 0.15) is 5.83 Å². The van der Waals surface area contributed by atoms with Gasteiger partial charge in [-0.25, -0.2) is 4.39 Å². The van der Waals surface area contributed by atoms with Crippen molar-refractivity contribution in [2.45, 2.75) is 12.5 Å². The molecular formula is C6H12FNS. The molecule has 1 atom stereocenters. The molecule has 54 valence electrons. The van der Waals surface area contributed by atoms with Crippen molar-refractivity contribution >= 4 is 11.8 Å². The van der Waals surface area contributed by atoms with E-state index in [1.54, 1.807) is 11.8 Å². The second-order valence-corrected chi connectivity index (χ2v) is 2.82. The average molecular weight is 149 g/mol. The molecule has 2 N–H and O–H groups in total. The Balaban J connectivity index is 3.27. The van der Waals surface area contributed by atoms with Crippen molar-refractivity contribution < 1.29 is 4.39 Å². The molecule has 0 aromatic heterocycles. The summed E-state index contributed by atoms with van der Waals surface area (Å²) in [5, 5.41) is 0. The first-order chi connectivity index (χ1) is 4.18. The lowest BCUT2D eigenvalue weighted by atomic mass is 10.2. The Hall–Kier alpha value is -0.0200. The molecular weight excluding hydrogens is 137 g/mol. The van der Waals surface area contributed by atoms with Crippen LogP contribution >= 0.6 is 11.8 Å². The highest BCUT2D eigenvalue weighted by molar-refractivity contribution is 7.98. The van der Waals surface area contributed by atoms with Crippen LogP contribution in [-0.2, 0) is 0 Å². The van der Waals surface area contributed by atoms with E-state index in [2.05, 4.69) is 6.58 Å². The second-order valence-electron chi connectivity index (χ2n) is 1.83. The lowest BCUT2D eigenvalue weighted by Gasteiger charge is -2.05. The van der Waals surface area contributed by atoms with Gasteiger partial charge in [-0.2, -0.15) is 11.8 Å². The standard InChI is InChI=1S/C6H12FNS/c1-5(7)6(8)3-4-9-2/h6H,1,3-4,8H2,2H3/t6-/m0/s1. The van der Waals surface area contributed by atoms with Gasteiger partial charge in [-0.15, -0.1) is 0 Å². The van der Waals surface area contributed by atoms with Crippen molar-refractivity contribution in [1.82, 2.24) is 0 Å². The molecule has 1 nitrogen and oxygen atoms in total. The Kier molecular flexibility index (Phi) is 4.81. The fourth-order valence-corrected chi connectivity index (χ4v) is 0.891. The highest BCUT2D eigenvalue weighted by Gasteiger charge is 2.03. The number of halogens is 1. The fourth-order valence-electron chi connectivity index (χ4n) is 0.401. The van der Waals surface area contributed by atoms with Gasteiger partial charge in [0.15, 0.2) is 0 Å². The van der Waals surface area contributed by atoms with Gasteiger partial charge in [0, 0.05) is 0 Å². The van der Waals surface area contributed by atoms with Crippen LogP contribution in [0.5, 0.6) is 0 Å². The minimum absolute atomic E-state index is 0.413. The van der Waals surface area contributed by atoms with Gasteiger partial charge in [0.2, 0.25) is 0 Å². The monoisotopic (exact) mass is 149 g/mol. The maximum absolute atomic E-state index is 12.1. The predicted molar refractivity (Wildman–Crippen MR) is 41.2 cm³/mol. The van der Waals surface area contributed by atoms with Crippen LogP contribution < -0.4 is 5.73 Å². The van der Waals surface area contributed by atoms with Crippen LogP contribution in [0.4, 0.5) is 4.39 Å². The van der Waals surface area contributed by atoms with E-state index in [4.69, 9.17) is 5.73 Å². The molecule has 0 aromatic rings. The third-order valence-corrected chi connectivity index (χ3v) is 1.68. The van der Waals surface area contributed by atoms with Gasteiger partial charge in [-0.3, -0.25) is 0 Å². The number of hydrogen-bond acceptors (Lipinski definition) is 2. The second kappa shape index (κ2) is 4.82. The molecule has 0 rings (SSSR count). The van der Waals surface area contributed by atoms with Crippen molar-refractivity contribution in [1.29, 1.82) is 0 Å². The molecule has 0 heterocycles. The first-order valence-corrected chi connectivity index (χ1v) is 4.16. The van der Waals surface area contributed by atoms with E-state index >= 15 is 0 Å².